The maximum atomic E-state index is 10.8. The molecule has 0 amide bonds. The maximum absolute atomic E-state index is 10.8. The number of hydrogen-bond donors (Lipinski definition) is 2. The Morgan fingerprint density at radius 3 is 1.94 bits per heavy atom. The molecular weight excluding hydrogens is 380 g/mol. The minimum atomic E-state index is 0.0160. The van der Waals surface area contributed by atoms with E-state index in [0.29, 0.717) is 5.56 Å². The van der Waals surface area contributed by atoms with Gasteiger partial charge in [-0.15, -0.1) is 0 Å². The number of aromatic hydroxyl groups is 2. The molecule has 31 heavy (non-hydrogen) atoms. The van der Waals surface area contributed by atoms with Gasteiger partial charge in [0, 0.05) is 11.5 Å². The first kappa shape index (κ1) is 25.6. The Hall–Kier alpha value is -1.70. The zero-order valence-electron chi connectivity index (χ0n) is 20.4. The normalized spacial score (nSPS) is 18.7. The van der Waals surface area contributed by atoms with E-state index in [2.05, 4.69) is 33.4 Å². The third kappa shape index (κ3) is 8.39. The van der Waals surface area contributed by atoms with Crippen molar-refractivity contribution in [3.05, 3.63) is 47.1 Å². The lowest BCUT2D eigenvalue weighted by Gasteiger charge is -2.31. The Bertz CT molecular complexity index is 692. The van der Waals surface area contributed by atoms with Crippen molar-refractivity contribution in [1.29, 1.82) is 0 Å². The molecule has 0 saturated heterocycles. The summed E-state index contributed by atoms with van der Waals surface area (Å²) in [5, 5.41) is 21.5. The van der Waals surface area contributed by atoms with E-state index in [1.54, 1.807) is 0 Å². The molecule has 2 rings (SSSR count). The summed E-state index contributed by atoms with van der Waals surface area (Å²) in [5.74, 6) is 0.765. The summed E-state index contributed by atoms with van der Waals surface area (Å²) in [4.78, 5) is 0. The lowest BCUT2D eigenvalue weighted by atomic mass is 9.73. The van der Waals surface area contributed by atoms with Crippen LogP contribution in [0.15, 0.2) is 35.9 Å². The molecule has 0 aliphatic heterocycles. The number of phenols is 2. The second-order valence-electron chi connectivity index (χ2n) is 9.86. The third-order valence-electron chi connectivity index (χ3n) is 6.98. The van der Waals surface area contributed by atoms with E-state index in [0.717, 1.165) is 36.8 Å². The van der Waals surface area contributed by atoms with Crippen molar-refractivity contribution in [3.63, 3.8) is 0 Å². The standard InChI is InChI=1S/C29H46O2/c1-5-6-7-8-9-10-11-12-13-14-15-16-24-20-27(30)29(28(31)21-24)26-19-23(4)17-18-25(26)22(2)3/h19-21,25-26,30-31H,2,5-18H2,1,3-4H3/t25?,26-/m1/s1. The van der Waals surface area contributed by atoms with Crippen molar-refractivity contribution in [2.24, 2.45) is 5.92 Å². The average Bonchev–Trinajstić information content (AvgIpc) is 2.71. The highest BCUT2D eigenvalue weighted by atomic mass is 16.3. The fourth-order valence-corrected chi connectivity index (χ4v) is 5.06. The highest BCUT2D eigenvalue weighted by molar-refractivity contribution is 5.51. The van der Waals surface area contributed by atoms with Gasteiger partial charge in [0.05, 0.1) is 0 Å². The topological polar surface area (TPSA) is 40.5 Å². The molecule has 1 aromatic carbocycles. The lowest BCUT2D eigenvalue weighted by Crippen LogP contribution is -2.17. The highest BCUT2D eigenvalue weighted by Crippen LogP contribution is 2.46. The van der Waals surface area contributed by atoms with Crippen molar-refractivity contribution >= 4 is 0 Å². The quantitative estimate of drug-likeness (QED) is 0.230. The number of phenolic OH excluding ortho intramolecular Hbond substituents is 2. The molecule has 0 aromatic heterocycles. The van der Waals surface area contributed by atoms with Crippen LogP contribution >= 0.6 is 0 Å². The van der Waals surface area contributed by atoms with Crippen molar-refractivity contribution < 1.29 is 10.2 Å². The maximum Gasteiger partial charge on any atom is 0.123 e. The van der Waals surface area contributed by atoms with Gasteiger partial charge in [-0.05, 0) is 63.1 Å². The number of aryl methyl sites for hydroxylation is 1. The molecule has 0 heterocycles. The van der Waals surface area contributed by atoms with Crippen molar-refractivity contribution in [3.8, 4) is 11.5 Å². The molecule has 2 atom stereocenters. The van der Waals surface area contributed by atoms with Crippen molar-refractivity contribution in [2.45, 2.75) is 117 Å². The van der Waals surface area contributed by atoms with Crippen LogP contribution in [0, 0.1) is 5.92 Å². The van der Waals surface area contributed by atoms with Gasteiger partial charge in [-0.1, -0.05) is 94.9 Å². The van der Waals surface area contributed by atoms with Gasteiger partial charge in [0.15, 0.2) is 0 Å². The van der Waals surface area contributed by atoms with Crippen LogP contribution in [0.2, 0.25) is 0 Å². The van der Waals surface area contributed by atoms with Crippen LogP contribution in [0.5, 0.6) is 11.5 Å². The van der Waals surface area contributed by atoms with Gasteiger partial charge in [-0.2, -0.15) is 0 Å². The summed E-state index contributed by atoms with van der Waals surface area (Å²) in [6, 6.07) is 3.75. The van der Waals surface area contributed by atoms with Gasteiger partial charge in [-0.3, -0.25) is 0 Å². The Labute approximate surface area is 191 Å². The van der Waals surface area contributed by atoms with E-state index in [9.17, 15) is 10.2 Å². The van der Waals surface area contributed by atoms with Gasteiger partial charge in [0.25, 0.3) is 0 Å². The van der Waals surface area contributed by atoms with Crippen LogP contribution in [0.4, 0.5) is 0 Å². The third-order valence-corrected chi connectivity index (χ3v) is 6.98. The van der Waals surface area contributed by atoms with Crippen LogP contribution in [0.25, 0.3) is 0 Å². The Kier molecular flexibility index (Phi) is 11.3. The zero-order valence-corrected chi connectivity index (χ0v) is 20.4. The molecular formula is C29H46O2. The first-order chi connectivity index (χ1) is 14.9. The van der Waals surface area contributed by atoms with E-state index >= 15 is 0 Å². The molecule has 0 radical (unpaired) electrons. The minimum Gasteiger partial charge on any atom is -0.507 e. The molecule has 0 spiro atoms. The van der Waals surface area contributed by atoms with Gasteiger partial charge in [-0.25, -0.2) is 0 Å². The zero-order chi connectivity index (χ0) is 22.6. The molecule has 1 unspecified atom stereocenters. The Morgan fingerprint density at radius 2 is 1.42 bits per heavy atom. The van der Waals surface area contributed by atoms with Gasteiger partial charge < -0.3 is 10.2 Å². The summed E-state index contributed by atoms with van der Waals surface area (Å²) in [5.41, 5.74) is 4.16. The fraction of sp³-hybridized carbons (Fsp3) is 0.655. The molecule has 2 heteroatoms. The van der Waals surface area contributed by atoms with E-state index in [-0.39, 0.29) is 23.3 Å². The van der Waals surface area contributed by atoms with Crippen LogP contribution in [0.1, 0.15) is 121 Å². The summed E-state index contributed by atoms with van der Waals surface area (Å²) in [6.45, 7) is 10.6. The second-order valence-corrected chi connectivity index (χ2v) is 9.86. The summed E-state index contributed by atoms with van der Waals surface area (Å²) in [6.07, 6.45) is 19.8. The van der Waals surface area contributed by atoms with E-state index in [4.69, 9.17) is 0 Å². The minimum absolute atomic E-state index is 0.0160. The highest BCUT2D eigenvalue weighted by Gasteiger charge is 2.30. The average molecular weight is 427 g/mol. The molecule has 1 aliphatic carbocycles. The predicted octanol–water partition coefficient (Wildman–Crippen LogP) is 8.97. The Balaban J connectivity index is 1.79. The summed E-state index contributed by atoms with van der Waals surface area (Å²) >= 11 is 0. The van der Waals surface area contributed by atoms with Gasteiger partial charge in [0.1, 0.15) is 11.5 Å². The predicted molar refractivity (Wildman–Crippen MR) is 134 cm³/mol. The number of benzene rings is 1. The SMILES string of the molecule is C=C(C)C1CCC(C)=C[C@H]1c1c(O)cc(CCCCCCCCCCCCC)cc1O. The molecule has 0 fully saturated rings. The fourth-order valence-electron chi connectivity index (χ4n) is 5.06. The molecule has 2 nitrogen and oxygen atoms in total. The van der Waals surface area contributed by atoms with Crippen LogP contribution in [0.3, 0.4) is 0 Å². The van der Waals surface area contributed by atoms with E-state index < -0.39 is 0 Å². The molecule has 2 N–H and O–H groups in total. The van der Waals surface area contributed by atoms with Crippen LogP contribution < -0.4 is 0 Å². The molecule has 1 aliphatic rings. The van der Waals surface area contributed by atoms with Crippen LogP contribution in [-0.4, -0.2) is 10.2 Å². The van der Waals surface area contributed by atoms with E-state index in [1.165, 1.54) is 69.8 Å². The lowest BCUT2D eigenvalue weighted by molar-refractivity contribution is 0.406. The Morgan fingerprint density at radius 1 is 0.903 bits per heavy atom. The van der Waals surface area contributed by atoms with Crippen LogP contribution in [-0.2, 0) is 6.42 Å². The summed E-state index contributed by atoms with van der Waals surface area (Å²) in [7, 11) is 0. The van der Waals surface area contributed by atoms with Gasteiger partial charge >= 0.3 is 0 Å². The van der Waals surface area contributed by atoms with Gasteiger partial charge in [0.2, 0.25) is 0 Å². The van der Waals surface area contributed by atoms with Crippen molar-refractivity contribution in [2.75, 3.05) is 0 Å². The molecule has 174 valence electrons. The number of allylic oxidation sites excluding steroid dienone is 3. The smallest absolute Gasteiger partial charge is 0.123 e. The second kappa shape index (κ2) is 13.7. The first-order valence-electron chi connectivity index (χ1n) is 12.8. The van der Waals surface area contributed by atoms with E-state index in [1.807, 2.05) is 12.1 Å². The summed E-state index contributed by atoms with van der Waals surface area (Å²) < 4.78 is 0. The molecule has 0 saturated carbocycles. The molecule has 1 aromatic rings. The number of unbranched alkanes of at least 4 members (excludes halogenated alkanes) is 10. The number of rotatable bonds is 14. The largest absolute Gasteiger partial charge is 0.507 e. The van der Waals surface area contributed by atoms with Crippen molar-refractivity contribution in [1.82, 2.24) is 0 Å². The molecule has 0 bridgehead atoms. The first-order valence-corrected chi connectivity index (χ1v) is 12.8. The number of hydrogen-bond acceptors (Lipinski definition) is 2. The monoisotopic (exact) mass is 426 g/mol.